The van der Waals surface area contributed by atoms with Crippen LogP contribution >= 0.6 is 11.6 Å². The van der Waals surface area contributed by atoms with Crippen LogP contribution in [0.2, 0.25) is 5.02 Å². The molecule has 0 atom stereocenters. The molecule has 4 heterocycles. The summed E-state index contributed by atoms with van der Waals surface area (Å²) in [6.45, 7) is 9.01. The SMILES string of the molecule is Cc1c(-c2ccccc2F)nc2cc(F)c(F)cc2c1Cl.Cc1c(-c2ccccc2F)nc2cc(F)c(F)cc2c1Nc1cc(N2CCOCC2)ccc1N1CCOCC1. The molecule has 0 saturated carbocycles. The number of hydrogen-bond acceptors (Lipinski definition) is 7. The Morgan fingerprint density at radius 1 is 0.550 bits per heavy atom. The maximum Gasteiger partial charge on any atom is 0.161 e. The van der Waals surface area contributed by atoms with Gasteiger partial charge in [0.15, 0.2) is 23.3 Å². The first kappa shape index (κ1) is 40.9. The lowest BCUT2D eigenvalue weighted by Crippen LogP contribution is -2.37. The maximum absolute atomic E-state index is 14.9. The summed E-state index contributed by atoms with van der Waals surface area (Å²) in [4.78, 5) is 13.3. The molecule has 60 heavy (non-hydrogen) atoms. The van der Waals surface area contributed by atoms with Crippen LogP contribution in [0.25, 0.3) is 44.3 Å². The zero-order valence-electron chi connectivity index (χ0n) is 32.6. The summed E-state index contributed by atoms with van der Waals surface area (Å²) in [5.41, 5.74) is 6.15. The summed E-state index contributed by atoms with van der Waals surface area (Å²) in [5, 5.41) is 4.49. The van der Waals surface area contributed by atoms with Gasteiger partial charge in [-0.3, -0.25) is 0 Å². The molecule has 7 aromatic rings. The Morgan fingerprint density at radius 2 is 1.03 bits per heavy atom. The zero-order chi connectivity index (χ0) is 42.1. The second-order valence-electron chi connectivity index (χ2n) is 14.4. The fourth-order valence-corrected chi connectivity index (χ4v) is 7.76. The van der Waals surface area contributed by atoms with Gasteiger partial charge in [0.05, 0.1) is 70.9 Å². The van der Waals surface area contributed by atoms with E-state index in [2.05, 4.69) is 43.3 Å². The molecular weight excluding hydrogens is 804 g/mol. The first-order valence-corrected chi connectivity index (χ1v) is 19.7. The molecule has 9 rings (SSSR count). The van der Waals surface area contributed by atoms with Crippen molar-refractivity contribution < 1.29 is 35.8 Å². The molecule has 0 radical (unpaired) electrons. The van der Waals surface area contributed by atoms with Crippen molar-refractivity contribution in [1.82, 2.24) is 9.97 Å². The molecule has 0 spiro atoms. The van der Waals surface area contributed by atoms with Crippen LogP contribution in [0.3, 0.4) is 0 Å². The standard InChI is InChI=1S/C30H29F3N4O2.C16H9ClF3N/c1-19-29(21-4-2-3-5-23(21)31)34-26-18-25(33)24(32)17-22(26)30(19)35-27-16-20(36-8-12-38-13-9-36)6-7-28(27)37-10-14-39-15-11-37;1-8-15(17)10-6-12(19)13(20)7-14(10)21-16(8)9-4-2-3-5-11(9)18/h2-7,16-18H,8-15H2,1H3,(H,34,35);2-7H,1H3. The minimum atomic E-state index is -1.02. The van der Waals surface area contributed by atoms with E-state index < -0.39 is 34.9 Å². The fraction of sp³-hybridized carbons (Fsp3) is 0.217. The van der Waals surface area contributed by atoms with E-state index in [1.165, 1.54) is 12.1 Å². The van der Waals surface area contributed by atoms with Gasteiger partial charge < -0.3 is 24.6 Å². The highest BCUT2D eigenvalue weighted by Gasteiger charge is 2.23. The molecule has 0 unspecified atom stereocenters. The van der Waals surface area contributed by atoms with Crippen molar-refractivity contribution in [2.75, 3.05) is 67.7 Å². The highest BCUT2D eigenvalue weighted by molar-refractivity contribution is 6.36. The number of nitrogens with one attached hydrogen (secondary N) is 1. The van der Waals surface area contributed by atoms with Gasteiger partial charge in [-0.05, 0) is 79.6 Å². The van der Waals surface area contributed by atoms with Gasteiger partial charge in [0, 0.05) is 65.9 Å². The van der Waals surface area contributed by atoms with E-state index in [1.807, 2.05) is 6.92 Å². The summed E-state index contributed by atoms with van der Waals surface area (Å²) < 4.78 is 95.5. The second kappa shape index (κ2) is 17.4. The molecular formula is C46H38ClF6N5O2. The van der Waals surface area contributed by atoms with Crippen molar-refractivity contribution in [3.8, 4) is 22.5 Å². The van der Waals surface area contributed by atoms with Crippen LogP contribution in [0.4, 0.5) is 49.1 Å². The Labute approximate surface area is 347 Å². The van der Waals surface area contributed by atoms with Gasteiger partial charge >= 0.3 is 0 Å². The van der Waals surface area contributed by atoms with Gasteiger partial charge in [-0.25, -0.2) is 36.3 Å². The zero-order valence-corrected chi connectivity index (χ0v) is 33.3. The number of aromatic nitrogens is 2. The molecule has 14 heteroatoms. The maximum atomic E-state index is 14.9. The number of hydrogen-bond donors (Lipinski definition) is 1. The van der Waals surface area contributed by atoms with Crippen LogP contribution in [0.5, 0.6) is 0 Å². The van der Waals surface area contributed by atoms with E-state index in [4.69, 9.17) is 21.1 Å². The number of benzene rings is 5. The topological polar surface area (TPSA) is 62.8 Å². The quantitative estimate of drug-likeness (QED) is 0.167. The molecule has 0 amide bonds. The third-order valence-corrected chi connectivity index (χ3v) is 11.2. The molecule has 2 aliphatic heterocycles. The highest BCUT2D eigenvalue weighted by Crippen LogP contribution is 2.41. The predicted molar refractivity (Wildman–Crippen MR) is 224 cm³/mol. The van der Waals surface area contributed by atoms with Crippen LogP contribution in [0, 0.1) is 48.8 Å². The Bertz CT molecular complexity index is 2740. The summed E-state index contributed by atoms with van der Waals surface area (Å²) in [5.74, 6) is -4.89. The molecule has 5 aromatic carbocycles. The monoisotopic (exact) mass is 841 g/mol. The van der Waals surface area contributed by atoms with Gasteiger partial charge in [-0.15, -0.1) is 0 Å². The lowest BCUT2D eigenvalue weighted by atomic mass is 10.0. The highest BCUT2D eigenvalue weighted by atomic mass is 35.5. The number of fused-ring (bicyclic) bond motifs is 2. The Kier molecular flexibility index (Phi) is 11.8. The lowest BCUT2D eigenvalue weighted by Gasteiger charge is -2.33. The van der Waals surface area contributed by atoms with Crippen LogP contribution in [-0.4, -0.2) is 62.6 Å². The molecule has 2 saturated heterocycles. The van der Waals surface area contributed by atoms with Crippen molar-refractivity contribution in [2.24, 2.45) is 0 Å². The van der Waals surface area contributed by atoms with E-state index in [0.29, 0.717) is 71.0 Å². The minimum Gasteiger partial charge on any atom is -0.378 e. The molecule has 308 valence electrons. The molecule has 0 bridgehead atoms. The summed E-state index contributed by atoms with van der Waals surface area (Å²) in [6.07, 6.45) is 0. The molecule has 2 fully saturated rings. The number of morpholine rings is 2. The smallest absolute Gasteiger partial charge is 0.161 e. The number of nitrogens with zero attached hydrogens (tertiary/aromatic N) is 4. The third-order valence-electron chi connectivity index (χ3n) is 10.7. The molecule has 1 N–H and O–H groups in total. The van der Waals surface area contributed by atoms with Crippen LogP contribution in [-0.2, 0) is 9.47 Å². The van der Waals surface area contributed by atoms with Gasteiger partial charge in [-0.1, -0.05) is 35.9 Å². The van der Waals surface area contributed by atoms with E-state index in [9.17, 15) is 26.3 Å². The van der Waals surface area contributed by atoms with Crippen molar-refractivity contribution in [2.45, 2.75) is 13.8 Å². The number of pyridine rings is 2. The largest absolute Gasteiger partial charge is 0.378 e. The average Bonchev–Trinajstić information content (AvgIpc) is 3.26. The molecule has 7 nitrogen and oxygen atoms in total. The van der Waals surface area contributed by atoms with Gasteiger partial charge in [-0.2, -0.15) is 0 Å². The first-order chi connectivity index (χ1) is 29.0. The van der Waals surface area contributed by atoms with Crippen molar-refractivity contribution >= 4 is 56.2 Å². The molecule has 2 aromatic heterocycles. The van der Waals surface area contributed by atoms with Gasteiger partial charge in [0.2, 0.25) is 0 Å². The number of anilines is 4. The first-order valence-electron chi connectivity index (χ1n) is 19.3. The number of rotatable bonds is 6. The average molecular weight is 842 g/mol. The van der Waals surface area contributed by atoms with Crippen LogP contribution < -0.4 is 15.1 Å². The Morgan fingerprint density at radius 3 is 1.60 bits per heavy atom. The van der Waals surface area contributed by atoms with Crippen molar-refractivity contribution in [3.63, 3.8) is 0 Å². The predicted octanol–water partition coefficient (Wildman–Crippen LogP) is 11.3. The van der Waals surface area contributed by atoms with Crippen LogP contribution in [0.15, 0.2) is 91.0 Å². The van der Waals surface area contributed by atoms with E-state index in [1.54, 1.807) is 43.3 Å². The van der Waals surface area contributed by atoms with E-state index in [-0.39, 0.29) is 21.6 Å². The van der Waals surface area contributed by atoms with Gasteiger partial charge in [0.25, 0.3) is 0 Å². The normalized spacial score (nSPS) is 14.3. The minimum absolute atomic E-state index is 0.183. The molecule has 2 aliphatic rings. The van der Waals surface area contributed by atoms with Crippen molar-refractivity contribution in [1.29, 1.82) is 0 Å². The van der Waals surface area contributed by atoms with E-state index in [0.717, 1.165) is 67.5 Å². The van der Waals surface area contributed by atoms with Crippen molar-refractivity contribution in [3.05, 3.63) is 142 Å². The summed E-state index contributed by atoms with van der Waals surface area (Å²) in [7, 11) is 0. The Hall–Kier alpha value is -5.89. The summed E-state index contributed by atoms with van der Waals surface area (Å²) in [6, 6.07) is 22.8. The summed E-state index contributed by atoms with van der Waals surface area (Å²) >= 11 is 6.21. The van der Waals surface area contributed by atoms with Gasteiger partial charge in [0.1, 0.15) is 11.6 Å². The third kappa shape index (κ3) is 8.17. The number of ether oxygens (including phenoxy) is 2. The second-order valence-corrected chi connectivity index (χ2v) is 14.8. The van der Waals surface area contributed by atoms with E-state index >= 15 is 0 Å². The lowest BCUT2D eigenvalue weighted by molar-refractivity contribution is 0.122. The number of halogens is 7. The fourth-order valence-electron chi connectivity index (χ4n) is 7.52. The van der Waals surface area contributed by atoms with Crippen LogP contribution in [0.1, 0.15) is 11.1 Å². The molecule has 0 aliphatic carbocycles. The Balaban J connectivity index is 0.000000200.